The van der Waals surface area contributed by atoms with Gasteiger partial charge in [0, 0.05) is 29.7 Å². The first-order chi connectivity index (χ1) is 12.0. The molecule has 4 atom stereocenters. The lowest BCUT2D eigenvalue weighted by Crippen LogP contribution is -2.60. The fourth-order valence-electron chi connectivity index (χ4n) is 4.17. The van der Waals surface area contributed by atoms with E-state index in [1.165, 1.54) is 4.90 Å². The van der Waals surface area contributed by atoms with Crippen molar-refractivity contribution in [2.24, 2.45) is 17.8 Å². The molecule has 2 aromatic heterocycles. The molecule has 3 heterocycles. The molecule has 1 aliphatic carbocycles. The van der Waals surface area contributed by atoms with Crippen LogP contribution in [-0.4, -0.2) is 44.5 Å². The third-order valence-corrected chi connectivity index (χ3v) is 6.07. The smallest absolute Gasteiger partial charge is 0.407 e. The van der Waals surface area contributed by atoms with Gasteiger partial charge in [0.05, 0.1) is 17.8 Å². The van der Waals surface area contributed by atoms with E-state index in [-0.39, 0.29) is 29.7 Å². The summed E-state index contributed by atoms with van der Waals surface area (Å²) in [6, 6.07) is 3.66. The van der Waals surface area contributed by atoms with Crippen molar-refractivity contribution in [2.75, 3.05) is 13.1 Å². The van der Waals surface area contributed by atoms with Crippen LogP contribution >= 0.6 is 15.9 Å². The van der Waals surface area contributed by atoms with E-state index >= 15 is 0 Å². The summed E-state index contributed by atoms with van der Waals surface area (Å²) in [6.07, 6.45) is 3.75. The number of hydrogen-bond acceptors (Lipinski definition) is 3. The highest BCUT2D eigenvalue weighted by Gasteiger charge is 2.51. The number of pyridine rings is 1. The van der Waals surface area contributed by atoms with E-state index in [1.54, 1.807) is 6.20 Å². The Hall–Kier alpha value is -2.09. The Morgan fingerprint density at radius 3 is 2.80 bits per heavy atom. The summed E-state index contributed by atoms with van der Waals surface area (Å²) in [5.41, 5.74) is 0.955. The minimum Gasteiger partial charge on any atom is -0.465 e. The number of rotatable bonds is 3. The molecular formula is C17H19BrN4O3. The number of fused-ring (bicyclic) bond motifs is 3. The molecule has 2 amide bonds. The van der Waals surface area contributed by atoms with Crippen LogP contribution < -0.4 is 5.32 Å². The fourth-order valence-corrected chi connectivity index (χ4v) is 4.62. The summed E-state index contributed by atoms with van der Waals surface area (Å²) in [6.45, 7) is 2.83. The monoisotopic (exact) mass is 406 g/mol. The zero-order valence-corrected chi connectivity index (χ0v) is 15.3. The Morgan fingerprint density at radius 2 is 2.12 bits per heavy atom. The number of hydrogen-bond donors (Lipinski definition) is 2. The molecule has 7 nitrogen and oxygen atoms in total. The van der Waals surface area contributed by atoms with Gasteiger partial charge >= 0.3 is 6.09 Å². The average Bonchev–Trinajstić information content (AvgIpc) is 3.00. The molecule has 1 aliphatic heterocycles. The van der Waals surface area contributed by atoms with E-state index < -0.39 is 6.09 Å². The average molecular weight is 407 g/mol. The quantitative estimate of drug-likeness (QED) is 0.819. The number of aromatic nitrogens is 2. The van der Waals surface area contributed by atoms with Gasteiger partial charge < -0.3 is 19.7 Å². The van der Waals surface area contributed by atoms with Gasteiger partial charge in [0.2, 0.25) is 5.91 Å². The lowest BCUT2D eigenvalue weighted by Gasteiger charge is -2.51. The first-order valence-corrected chi connectivity index (χ1v) is 9.14. The number of carboxylic acid groups (broad SMARTS) is 1. The van der Waals surface area contributed by atoms with Gasteiger partial charge in [-0.25, -0.2) is 9.78 Å². The lowest BCUT2D eigenvalue weighted by atomic mass is 9.61. The third kappa shape index (κ3) is 2.68. The van der Waals surface area contributed by atoms with E-state index in [1.807, 2.05) is 29.7 Å². The highest BCUT2D eigenvalue weighted by molar-refractivity contribution is 9.10. The summed E-state index contributed by atoms with van der Waals surface area (Å²) in [5, 5.41) is 12.2. The zero-order chi connectivity index (χ0) is 17.7. The second kappa shape index (κ2) is 6.01. The maximum absolute atomic E-state index is 12.7. The highest BCUT2D eigenvalue weighted by Crippen LogP contribution is 2.45. The molecule has 2 aromatic rings. The molecule has 0 radical (unpaired) electrons. The van der Waals surface area contributed by atoms with Crippen LogP contribution in [0.25, 0.3) is 5.52 Å². The maximum Gasteiger partial charge on any atom is 0.407 e. The van der Waals surface area contributed by atoms with Crippen molar-refractivity contribution in [2.45, 2.75) is 19.4 Å². The zero-order valence-electron chi connectivity index (χ0n) is 13.7. The Labute approximate surface area is 153 Å². The van der Waals surface area contributed by atoms with E-state index in [9.17, 15) is 9.59 Å². The molecule has 0 aromatic carbocycles. The van der Waals surface area contributed by atoms with E-state index in [2.05, 4.69) is 26.2 Å². The number of halogens is 1. The van der Waals surface area contributed by atoms with E-state index in [0.29, 0.717) is 13.1 Å². The van der Waals surface area contributed by atoms with Gasteiger partial charge in [-0.3, -0.25) is 4.79 Å². The summed E-state index contributed by atoms with van der Waals surface area (Å²) in [5.74, 6) is 0.962. The van der Waals surface area contributed by atoms with Crippen molar-refractivity contribution < 1.29 is 14.7 Å². The van der Waals surface area contributed by atoms with Gasteiger partial charge in [-0.1, -0.05) is 0 Å². The first kappa shape index (κ1) is 16.4. The highest BCUT2D eigenvalue weighted by atomic mass is 79.9. The predicted octanol–water partition coefficient (Wildman–Crippen LogP) is 2.52. The first-order valence-electron chi connectivity index (χ1n) is 8.35. The fraction of sp³-hybridized carbons (Fsp3) is 0.471. The number of nitrogens with zero attached hydrogens (tertiary/aromatic N) is 3. The number of piperidine rings is 2. The molecule has 1 saturated heterocycles. The Morgan fingerprint density at radius 1 is 1.40 bits per heavy atom. The summed E-state index contributed by atoms with van der Waals surface area (Å²) < 4.78 is 2.91. The van der Waals surface area contributed by atoms with Crippen LogP contribution in [0.4, 0.5) is 4.79 Å². The molecule has 2 N–H and O–H groups in total. The van der Waals surface area contributed by atoms with Gasteiger partial charge in [-0.05, 0) is 53.2 Å². The van der Waals surface area contributed by atoms with Crippen LogP contribution in [0.1, 0.15) is 25.2 Å². The number of nitrogens with one attached hydrogen (secondary N) is 1. The second-order valence-corrected chi connectivity index (χ2v) is 7.78. The maximum atomic E-state index is 12.7. The number of carbonyl (C=O) groups is 2. The van der Waals surface area contributed by atoms with E-state index in [4.69, 9.17) is 5.11 Å². The minimum absolute atomic E-state index is 0.00513. The lowest BCUT2D eigenvalue weighted by molar-refractivity contribution is -0.141. The summed E-state index contributed by atoms with van der Waals surface area (Å²) >= 11 is 3.50. The largest absolute Gasteiger partial charge is 0.465 e. The molecule has 1 unspecified atom stereocenters. The third-order valence-electron chi connectivity index (χ3n) is 5.40. The van der Waals surface area contributed by atoms with Gasteiger partial charge in [0.15, 0.2) is 0 Å². The van der Waals surface area contributed by atoms with Crippen LogP contribution in [0.3, 0.4) is 0 Å². The predicted molar refractivity (Wildman–Crippen MR) is 94.1 cm³/mol. The summed E-state index contributed by atoms with van der Waals surface area (Å²) in [7, 11) is 0. The second-order valence-electron chi connectivity index (χ2n) is 6.93. The number of amides is 2. The van der Waals surface area contributed by atoms with Gasteiger partial charge in [0.25, 0.3) is 0 Å². The molecule has 8 heteroatoms. The van der Waals surface area contributed by atoms with Crippen molar-refractivity contribution in [3.8, 4) is 0 Å². The molecule has 25 heavy (non-hydrogen) atoms. The van der Waals surface area contributed by atoms with Crippen molar-refractivity contribution in [3.63, 3.8) is 0 Å². The van der Waals surface area contributed by atoms with Crippen molar-refractivity contribution >= 4 is 33.4 Å². The normalized spacial score (nSPS) is 26.2. The number of imidazole rings is 1. The number of likely N-dealkylation sites (tertiary alicyclic amines) is 1. The van der Waals surface area contributed by atoms with Crippen molar-refractivity contribution in [1.82, 2.24) is 19.6 Å². The van der Waals surface area contributed by atoms with Crippen molar-refractivity contribution in [3.05, 3.63) is 34.8 Å². The summed E-state index contributed by atoms with van der Waals surface area (Å²) in [4.78, 5) is 29.7. The Bertz CT molecular complexity index is 840. The molecule has 2 bridgehead atoms. The molecule has 0 spiro atoms. The van der Waals surface area contributed by atoms with Crippen LogP contribution in [0.5, 0.6) is 0 Å². The molecule has 4 rings (SSSR count). The van der Waals surface area contributed by atoms with Crippen molar-refractivity contribution in [1.29, 1.82) is 0 Å². The van der Waals surface area contributed by atoms with Crippen LogP contribution in [-0.2, 0) is 4.79 Å². The molecule has 2 aliphatic rings. The molecule has 132 valence electrons. The minimum atomic E-state index is -0.892. The number of carbonyl (C=O) groups excluding carboxylic acids is 1. The van der Waals surface area contributed by atoms with E-state index in [0.717, 1.165) is 22.2 Å². The SMILES string of the molecule is C[C@@H](NC(=O)C1[C@@H]2C[C@H]1CN(C(=O)O)C2)c1ncc2c(Br)cccn12. The van der Waals surface area contributed by atoms with Crippen LogP contribution in [0.15, 0.2) is 29.0 Å². The molecule has 2 fully saturated rings. The van der Waals surface area contributed by atoms with Gasteiger partial charge in [0.1, 0.15) is 5.82 Å². The van der Waals surface area contributed by atoms with Gasteiger partial charge in [-0.15, -0.1) is 0 Å². The Balaban J connectivity index is 1.46. The molecular weight excluding hydrogens is 388 g/mol. The van der Waals surface area contributed by atoms with Gasteiger partial charge in [-0.2, -0.15) is 0 Å². The topological polar surface area (TPSA) is 86.9 Å². The van der Waals surface area contributed by atoms with Crippen LogP contribution in [0.2, 0.25) is 0 Å². The Kier molecular flexibility index (Phi) is 3.94. The molecule has 1 saturated carbocycles. The standard InChI is InChI=1S/C17H19BrN4O3/c1-9(15-19-6-13-12(18)3-2-4-22(13)15)20-16(23)14-10-5-11(14)8-21(7-10)17(24)25/h2-4,6,9-11,14H,5,7-8H2,1H3,(H,20,23)(H,24,25)/t9-,10-,11+,14?/m1/s1. The van der Waals surface area contributed by atoms with Crippen LogP contribution in [0, 0.1) is 17.8 Å².